The number of nitrogens with zero attached hydrogens (tertiary/aromatic N) is 7. The molecule has 3 fully saturated rings. The first kappa shape index (κ1) is 24.6. The number of aryl methyl sites for hydroxylation is 1. The van der Waals surface area contributed by atoms with Crippen LogP contribution in [0.1, 0.15) is 41.6 Å². The zero-order valence-electron chi connectivity index (χ0n) is 23.4. The van der Waals surface area contributed by atoms with E-state index in [1.165, 1.54) is 12.8 Å². The molecule has 210 valence electrons. The Morgan fingerprint density at radius 2 is 2.02 bits per heavy atom. The SMILES string of the molecule is COc1cc(C(=O)N2CC3CCC2[C@@H]3N)cc2nc(-c3cc4cccnc4n3CC3CC3)n(Cc3cnn(C)c3)c12. The number of amides is 1. The first-order chi connectivity index (χ1) is 20.0. The van der Waals surface area contributed by atoms with Gasteiger partial charge >= 0.3 is 0 Å². The molecule has 1 aromatic carbocycles. The molecule has 0 radical (unpaired) electrons. The van der Waals surface area contributed by atoms with E-state index in [9.17, 15) is 4.79 Å². The second-order valence-corrected chi connectivity index (χ2v) is 12.0. The third-order valence-corrected chi connectivity index (χ3v) is 9.31. The van der Waals surface area contributed by atoms with Crippen molar-refractivity contribution in [1.29, 1.82) is 0 Å². The van der Waals surface area contributed by atoms with Crippen molar-refractivity contribution in [1.82, 2.24) is 33.8 Å². The number of carbonyl (C=O) groups excluding carboxylic acids is 1. The number of carbonyl (C=O) groups is 1. The molecular formula is C31H34N8O2. The first-order valence-electron chi connectivity index (χ1n) is 14.6. The highest BCUT2D eigenvalue weighted by Gasteiger charge is 2.47. The smallest absolute Gasteiger partial charge is 0.254 e. The van der Waals surface area contributed by atoms with Crippen molar-refractivity contribution in [3.05, 3.63) is 60.0 Å². The summed E-state index contributed by atoms with van der Waals surface area (Å²) in [4.78, 5) is 25.7. The highest BCUT2D eigenvalue weighted by atomic mass is 16.5. The van der Waals surface area contributed by atoms with E-state index in [-0.39, 0.29) is 18.0 Å². The number of fused-ring (bicyclic) bond motifs is 4. The number of rotatable bonds is 7. The van der Waals surface area contributed by atoms with Gasteiger partial charge in [-0.25, -0.2) is 9.97 Å². The van der Waals surface area contributed by atoms with Crippen LogP contribution in [0.2, 0.25) is 0 Å². The molecule has 2 N–H and O–H groups in total. The first-order valence-corrected chi connectivity index (χ1v) is 14.6. The Hall–Kier alpha value is -4.18. The molecule has 10 heteroatoms. The van der Waals surface area contributed by atoms with Gasteiger partial charge in [0, 0.05) is 61.1 Å². The normalized spacial score (nSPS) is 21.9. The van der Waals surface area contributed by atoms with Crippen LogP contribution >= 0.6 is 0 Å². The maximum Gasteiger partial charge on any atom is 0.254 e. The number of likely N-dealkylation sites (tertiary alicyclic amines) is 1. The molecule has 5 aromatic rings. The van der Waals surface area contributed by atoms with Crippen molar-refractivity contribution in [3.63, 3.8) is 0 Å². The number of hydrogen-bond donors (Lipinski definition) is 1. The van der Waals surface area contributed by atoms with Gasteiger partial charge in [-0.15, -0.1) is 0 Å². The van der Waals surface area contributed by atoms with E-state index >= 15 is 0 Å². The van der Waals surface area contributed by atoms with Crippen LogP contribution in [0.15, 0.2) is 48.9 Å². The van der Waals surface area contributed by atoms with Crippen LogP contribution in [-0.4, -0.2) is 65.4 Å². The number of methoxy groups -OCH3 is 1. The van der Waals surface area contributed by atoms with Gasteiger partial charge < -0.3 is 24.5 Å². The van der Waals surface area contributed by atoms with Gasteiger partial charge in [0.25, 0.3) is 5.91 Å². The van der Waals surface area contributed by atoms with Crippen molar-refractivity contribution in [2.75, 3.05) is 13.7 Å². The molecule has 2 saturated carbocycles. The lowest BCUT2D eigenvalue weighted by Gasteiger charge is -2.27. The van der Waals surface area contributed by atoms with Crippen LogP contribution in [0.3, 0.4) is 0 Å². The number of ether oxygens (including phenoxy) is 1. The van der Waals surface area contributed by atoms with Crippen molar-refractivity contribution < 1.29 is 9.53 Å². The van der Waals surface area contributed by atoms with Crippen LogP contribution in [0.25, 0.3) is 33.6 Å². The predicted molar refractivity (Wildman–Crippen MR) is 156 cm³/mol. The minimum Gasteiger partial charge on any atom is -0.494 e. The van der Waals surface area contributed by atoms with Gasteiger partial charge in [0.1, 0.15) is 16.9 Å². The predicted octanol–water partition coefficient (Wildman–Crippen LogP) is 3.82. The highest BCUT2D eigenvalue weighted by Crippen LogP contribution is 2.40. The molecule has 2 bridgehead atoms. The van der Waals surface area contributed by atoms with Gasteiger partial charge in [-0.2, -0.15) is 5.10 Å². The van der Waals surface area contributed by atoms with E-state index in [1.54, 1.807) is 7.11 Å². The summed E-state index contributed by atoms with van der Waals surface area (Å²) in [5.74, 6) is 2.51. The zero-order chi connectivity index (χ0) is 27.8. The lowest BCUT2D eigenvalue weighted by molar-refractivity contribution is 0.0700. The third kappa shape index (κ3) is 3.95. The van der Waals surface area contributed by atoms with Crippen LogP contribution in [0, 0.1) is 11.8 Å². The second-order valence-electron chi connectivity index (χ2n) is 12.0. The van der Waals surface area contributed by atoms with Crippen molar-refractivity contribution >= 4 is 28.0 Å². The summed E-state index contributed by atoms with van der Waals surface area (Å²) < 4.78 is 12.3. The topological polar surface area (TPSA) is 109 Å². The maximum atomic E-state index is 13.8. The molecule has 1 aliphatic heterocycles. The molecule has 10 nitrogen and oxygen atoms in total. The molecule has 3 aliphatic rings. The number of aromatic nitrogens is 6. The molecule has 1 saturated heterocycles. The Labute approximate surface area is 237 Å². The van der Waals surface area contributed by atoms with Crippen molar-refractivity contribution in [2.24, 2.45) is 24.6 Å². The van der Waals surface area contributed by atoms with Gasteiger partial charge in [0.05, 0.1) is 31.1 Å². The fourth-order valence-electron chi connectivity index (χ4n) is 7.06. The van der Waals surface area contributed by atoms with E-state index in [0.717, 1.165) is 65.1 Å². The minimum absolute atomic E-state index is 0.00302. The molecule has 41 heavy (non-hydrogen) atoms. The van der Waals surface area contributed by atoms with Gasteiger partial charge in [0.2, 0.25) is 0 Å². The Morgan fingerprint density at radius 3 is 2.73 bits per heavy atom. The Kier molecular flexibility index (Phi) is 5.50. The van der Waals surface area contributed by atoms with Crippen LogP contribution < -0.4 is 10.5 Å². The minimum atomic E-state index is 0.00302. The fourth-order valence-corrected chi connectivity index (χ4v) is 7.06. The third-order valence-electron chi connectivity index (χ3n) is 9.31. The van der Waals surface area contributed by atoms with Crippen molar-refractivity contribution in [2.45, 2.75) is 50.9 Å². The molecule has 3 atom stereocenters. The molecule has 2 aliphatic carbocycles. The fraction of sp³-hybridized carbons (Fsp3) is 0.419. The van der Waals surface area contributed by atoms with E-state index in [0.29, 0.717) is 29.7 Å². The average molecular weight is 551 g/mol. The van der Waals surface area contributed by atoms with Crippen LogP contribution in [0.4, 0.5) is 0 Å². The van der Waals surface area contributed by atoms with E-state index in [4.69, 9.17) is 20.4 Å². The Morgan fingerprint density at radius 1 is 1.15 bits per heavy atom. The lowest BCUT2D eigenvalue weighted by Crippen LogP contribution is -2.41. The van der Waals surface area contributed by atoms with Crippen LogP contribution in [-0.2, 0) is 20.1 Å². The van der Waals surface area contributed by atoms with Crippen molar-refractivity contribution in [3.8, 4) is 17.3 Å². The molecule has 2 unspecified atom stereocenters. The number of piperidine rings is 1. The molecule has 5 heterocycles. The van der Waals surface area contributed by atoms with E-state index in [1.807, 2.05) is 53.4 Å². The van der Waals surface area contributed by atoms with Gasteiger partial charge in [-0.05, 0) is 67.9 Å². The molecule has 1 amide bonds. The van der Waals surface area contributed by atoms with Gasteiger partial charge in [-0.1, -0.05) is 0 Å². The Bertz CT molecular complexity index is 1810. The van der Waals surface area contributed by atoms with Gasteiger partial charge in [-0.3, -0.25) is 9.48 Å². The summed E-state index contributed by atoms with van der Waals surface area (Å²) in [6.45, 7) is 2.19. The van der Waals surface area contributed by atoms with Gasteiger partial charge in [0.15, 0.2) is 5.82 Å². The number of nitrogens with two attached hydrogens (primary N) is 1. The average Bonchev–Trinajstić information content (AvgIpc) is 3.25. The van der Waals surface area contributed by atoms with Crippen LogP contribution in [0.5, 0.6) is 5.75 Å². The lowest BCUT2D eigenvalue weighted by atomic mass is 10.1. The number of pyridine rings is 1. The summed E-state index contributed by atoms with van der Waals surface area (Å²) in [5.41, 5.74) is 11.7. The zero-order valence-corrected chi connectivity index (χ0v) is 23.4. The second kappa shape index (κ2) is 9.17. The maximum absolute atomic E-state index is 13.8. The summed E-state index contributed by atoms with van der Waals surface area (Å²) in [6, 6.07) is 10.2. The summed E-state index contributed by atoms with van der Waals surface area (Å²) in [7, 11) is 3.58. The van der Waals surface area contributed by atoms with E-state index < -0.39 is 0 Å². The quantitative estimate of drug-likeness (QED) is 0.330. The monoisotopic (exact) mass is 550 g/mol. The molecule has 4 aromatic heterocycles. The standard InChI is InChI=1S/C31H34N8O2/c1-36-14-19(13-34-36)16-39-28-23(10-22(12-26(28)41-2)31(40)38-17-21-7-8-24(38)27(21)32)35-30(39)25-11-20-4-3-9-33-29(20)37(25)15-18-5-6-18/h3-4,9-14,18,21,24,27H,5-8,15-17,32H2,1-2H3/t21?,24?,27-/m1/s1. The number of benzene rings is 1. The summed E-state index contributed by atoms with van der Waals surface area (Å²) in [5, 5.41) is 5.49. The summed E-state index contributed by atoms with van der Waals surface area (Å²) in [6.07, 6.45) is 10.3. The highest BCUT2D eigenvalue weighted by molar-refractivity contribution is 6.00. The van der Waals surface area contributed by atoms with E-state index in [2.05, 4.69) is 26.4 Å². The molecule has 8 rings (SSSR count). The largest absolute Gasteiger partial charge is 0.494 e. The molecule has 0 spiro atoms. The Balaban J connectivity index is 1.31. The number of hydrogen-bond acceptors (Lipinski definition) is 6. The number of imidazole rings is 1. The summed E-state index contributed by atoms with van der Waals surface area (Å²) >= 11 is 0. The molecular weight excluding hydrogens is 516 g/mol.